The predicted octanol–water partition coefficient (Wildman–Crippen LogP) is 1.01. The van der Waals surface area contributed by atoms with Gasteiger partial charge in [0.2, 0.25) is 5.91 Å². The second-order valence-corrected chi connectivity index (χ2v) is 4.57. The molecule has 6 nitrogen and oxygen atoms in total. The fraction of sp³-hybridized carbons (Fsp3) is 0.500. The van der Waals surface area contributed by atoms with Gasteiger partial charge in [0.1, 0.15) is 0 Å². The molecule has 1 atom stereocenters. The van der Waals surface area contributed by atoms with Gasteiger partial charge in [-0.3, -0.25) is 4.79 Å². The van der Waals surface area contributed by atoms with Crippen LogP contribution in [0.1, 0.15) is 12.5 Å². The van der Waals surface area contributed by atoms with Gasteiger partial charge < -0.3 is 25.0 Å². The summed E-state index contributed by atoms with van der Waals surface area (Å²) in [6.07, 6.45) is -0.00604. The van der Waals surface area contributed by atoms with Crippen LogP contribution in [0.25, 0.3) is 0 Å². The molecule has 1 aromatic rings. The van der Waals surface area contributed by atoms with E-state index < -0.39 is 6.29 Å². The van der Waals surface area contributed by atoms with Gasteiger partial charge in [-0.15, -0.1) is 0 Å². The van der Waals surface area contributed by atoms with E-state index >= 15 is 0 Å². The molecule has 1 amide bonds. The van der Waals surface area contributed by atoms with Crippen molar-refractivity contribution in [2.24, 2.45) is 5.92 Å². The molecule has 0 fully saturated rings. The number of hydrogen-bond acceptors (Lipinski definition) is 5. The third kappa shape index (κ3) is 4.71. The van der Waals surface area contributed by atoms with Crippen molar-refractivity contribution in [3.05, 3.63) is 23.8 Å². The largest absolute Gasteiger partial charge is 0.504 e. The average molecular weight is 283 g/mol. The summed E-state index contributed by atoms with van der Waals surface area (Å²) in [7, 11) is 3.01. The van der Waals surface area contributed by atoms with Crippen LogP contribution in [0.4, 0.5) is 0 Å². The van der Waals surface area contributed by atoms with E-state index in [0.29, 0.717) is 6.42 Å². The van der Waals surface area contributed by atoms with E-state index in [2.05, 4.69) is 5.32 Å². The third-order valence-electron chi connectivity index (χ3n) is 3.00. The Hall–Kier alpha value is -1.79. The molecule has 112 valence electrons. The Labute approximate surface area is 118 Å². The van der Waals surface area contributed by atoms with Gasteiger partial charge in [0.25, 0.3) is 0 Å². The maximum absolute atomic E-state index is 11.9. The van der Waals surface area contributed by atoms with Crippen LogP contribution in [0.5, 0.6) is 11.5 Å². The van der Waals surface area contributed by atoms with Gasteiger partial charge >= 0.3 is 0 Å². The minimum atomic E-state index is -0.469. The van der Waals surface area contributed by atoms with E-state index in [1.165, 1.54) is 26.4 Å². The number of hydrogen-bond donors (Lipinski definition) is 3. The zero-order valence-electron chi connectivity index (χ0n) is 11.9. The van der Waals surface area contributed by atoms with Crippen molar-refractivity contribution in [2.75, 3.05) is 20.8 Å². The van der Waals surface area contributed by atoms with Crippen molar-refractivity contribution in [3.8, 4) is 11.5 Å². The number of methoxy groups -OCH3 is 2. The maximum atomic E-state index is 11.9. The highest BCUT2D eigenvalue weighted by Gasteiger charge is 2.16. The summed E-state index contributed by atoms with van der Waals surface area (Å²) in [5, 5.41) is 21.4. The van der Waals surface area contributed by atoms with Crippen LogP contribution in [0.3, 0.4) is 0 Å². The molecule has 0 aliphatic carbocycles. The zero-order chi connectivity index (χ0) is 15.1. The summed E-state index contributed by atoms with van der Waals surface area (Å²) >= 11 is 0. The van der Waals surface area contributed by atoms with E-state index in [-0.39, 0.29) is 29.9 Å². The number of amides is 1. The number of carbonyl (C=O) groups excluding carboxylic acids is 1. The highest BCUT2D eigenvalue weighted by molar-refractivity contribution is 5.78. The van der Waals surface area contributed by atoms with Crippen LogP contribution in [0, 0.1) is 5.92 Å². The number of phenols is 2. The molecule has 0 aromatic heterocycles. The van der Waals surface area contributed by atoms with Crippen LogP contribution in [0.15, 0.2) is 18.2 Å². The molecule has 0 heterocycles. The van der Waals surface area contributed by atoms with E-state index in [1.54, 1.807) is 13.0 Å². The summed E-state index contributed by atoms with van der Waals surface area (Å²) in [6.45, 7) is 2.06. The monoisotopic (exact) mass is 283 g/mol. The molecule has 20 heavy (non-hydrogen) atoms. The lowest BCUT2D eigenvalue weighted by Gasteiger charge is -2.17. The van der Waals surface area contributed by atoms with Crippen molar-refractivity contribution in [3.63, 3.8) is 0 Å². The maximum Gasteiger partial charge on any atom is 0.223 e. The first-order chi connectivity index (χ1) is 9.47. The molecular weight excluding hydrogens is 262 g/mol. The van der Waals surface area contributed by atoms with Crippen molar-refractivity contribution in [2.45, 2.75) is 19.6 Å². The standard InChI is InChI=1S/C14H21NO5/c1-9(14(18)15-8-13(19-2)20-3)6-10-4-5-11(16)12(17)7-10/h4-5,7,9,13,16-17H,6,8H2,1-3H3,(H,15,18). The molecule has 0 saturated heterocycles. The Balaban J connectivity index is 2.50. The Morgan fingerprint density at radius 3 is 2.45 bits per heavy atom. The van der Waals surface area contributed by atoms with E-state index in [9.17, 15) is 15.0 Å². The lowest BCUT2D eigenvalue weighted by atomic mass is 10.00. The van der Waals surface area contributed by atoms with Crippen LogP contribution < -0.4 is 5.32 Å². The zero-order valence-corrected chi connectivity index (χ0v) is 11.9. The fourth-order valence-electron chi connectivity index (χ4n) is 1.76. The van der Waals surface area contributed by atoms with Crippen LogP contribution >= 0.6 is 0 Å². The molecule has 3 N–H and O–H groups in total. The molecule has 0 aliphatic rings. The Bertz CT molecular complexity index is 445. The van der Waals surface area contributed by atoms with Gasteiger partial charge in [0.15, 0.2) is 17.8 Å². The second-order valence-electron chi connectivity index (χ2n) is 4.57. The van der Waals surface area contributed by atoms with Crippen molar-refractivity contribution >= 4 is 5.91 Å². The number of carbonyl (C=O) groups is 1. The Morgan fingerprint density at radius 2 is 1.90 bits per heavy atom. The smallest absolute Gasteiger partial charge is 0.223 e. The molecule has 1 unspecified atom stereocenters. The van der Waals surface area contributed by atoms with Gasteiger partial charge in [-0.2, -0.15) is 0 Å². The molecule has 6 heteroatoms. The van der Waals surface area contributed by atoms with Gasteiger partial charge in [-0.05, 0) is 24.1 Å². The first-order valence-corrected chi connectivity index (χ1v) is 6.32. The highest BCUT2D eigenvalue weighted by Crippen LogP contribution is 2.26. The van der Waals surface area contributed by atoms with E-state index in [4.69, 9.17) is 9.47 Å². The fourth-order valence-corrected chi connectivity index (χ4v) is 1.76. The van der Waals surface area contributed by atoms with Crippen LogP contribution in [-0.2, 0) is 20.7 Å². The summed E-state index contributed by atoms with van der Waals surface area (Å²) in [5.41, 5.74) is 0.776. The summed E-state index contributed by atoms with van der Waals surface area (Å²) in [6, 6.07) is 4.53. The average Bonchev–Trinajstić information content (AvgIpc) is 2.43. The summed E-state index contributed by atoms with van der Waals surface area (Å²) in [4.78, 5) is 11.9. The minimum absolute atomic E-state index is 0.128. The first-order valence-electron chi connectivity index (χ1n) is 6.32. The summed E-state index contributed by atoms with van der Waals surface area (Å²) < 4.78 is 9.96. The van der Waals surface area contributed by atoms with Gasteiger partial charge in [-0.1, -0.05) is 13.0 Å². The molecule has 0 bridgehead atoms. The Kier molecular flexibility index (Phi) is 6.27. The van der Waals surface area contributed by atoms with Crippen molar-refractivity contribution in [1.82, 2.24) is 5.32 Å². The number of benzene rings is 1. The quantitative estimate of drug-likeness (QED) is 0.513. The number of rotatable bonds is 7. The molecule has 0 spiro atoms. The van der Waals surface area contributed by atoms with Gasteiger partial charge in [0, 0.05) is 20.1 Å². The normalized spacial score (nSPS) is 12.4. The molecule has 0 aliphatic heterocycles. The Morgan fingerprint density at radius 1 is 1.25 bits per heavy atom. The van der Waals surface area contributed by atoms with Crippen molar-refractivity contribution < 1.29 is 24.5 Å². The minimum Gasteiger partial charge on any atom is -0.504 e. The van der Waals surface area contributed by atoms with E-state index in [1.807, 2.05) is 0 Å². The van der Waals surface area contributed by atoms with Gasteiger partial charge in [-0.25, -0.2) is 0 Å². The summed E-state index contributed by atoms with van der Waals surface area (Å²) in [5.74, 6) is -0.757. The molecule has 1 rings (SSSR count). The number of phenolic OH excluding ortho intramolecular Hbond substituents is 2. The highest BCUT2D eigenvalue weighted by atomic mass is 16.7. The SMILES string of the molecule is COC(CNC(=O)C(C)Cc1ccc(O)c(O)c1)OC. The van der Waals surface area contributed by atoms with Crippen LogP contribution in [0.2, 0.25) is 0 Å². The first kappa shape index (κ1) is 16.3. The number of nitrogens with one attached hydrogen (secondary N) is 1. The molecule has 1 aromatic carbocycles. The topological polar surface area (TPSA) is 88.0 Å². The molecular formula is C14H21NO5. The molecule has 0 radical (unpaired) electrons. The van der Waals surface area contributed by atoms with E-state index in [0.717, 1.165) is 5.56 Å². The van der Waals surface area contributed by atoms with Gasteiger partial charge in [0.05, 0.1) is 6.54 Å². The van der Waals surface area contributed by atoms with Crippen molar-refractivity contribution in [1.29, 1.82) is 0 Å². The van der Waals surface area contributed by atoms with Crippen LogP contribution in [-0.4, -0.2) is 43.2 Å². The second kappa shape index (κ2) is 7.72. The third-order valence-corrected chi connectivity index (χ3v) is 3.00. The number of ether oxygens (including phenoxy) is 2. The number of aromatic hydroxyl groups is 2. The lowest BCUT2D eigenvalue weighted by molar-refractivity contribution is -0.130. The lowest BCUT2D eigenvalue weighted by Crippen LogP contribution is -2.37. The molecule has 0 saturated carbocycles. The predicted molar refractivity (Wildman–Crippen MR) is 73.5 cm³/mol.